The lowest BCUT2D eigenvalue weighted by molar-refractivity contribution is 0.229. The Kier molecular flexibility index (Phi) is 4.09. The molecule has 1 saturated carbocycles. The molecular weight excluding hydrogens is 282 g/mol. The number of rotatable bonds is 3. The zero-order valence-electron chi connectivity index (χ0n) is 9.84. The minimum Gasteiger partial charge on any atom is -0.325 e. The van der Waals surface area contributed by atoms with Crippen molar-refractivity contribution in [2.75, 3.05) is 0 Å². The zero-order chi connectivity index (χ0) is 11.6. The van der Waals surface area contributed by atoms with Crippen LogP contribution in [0.5, 0.6) is 0 Å². The van der Waals surface area contributed by atoms with E-state index in [4.69, 9.17) is 5.73 Å². The summed E-state index contributed by atoms with van der Waals surface area (Å²) in [4.78, 5) is 1.42. The van der Waals surface area contributed by atoms with E-state index in [0.717, 1.165) is 12.3 Å². The minimum atomic E-state index is 0.0654. The smallest absolute Gasteiger partial charge is 0.0285 e. The van der Waals surface area contributed by atoms with Crippen LogP contribution in [-0.4, -0.2) is 5.54 Å². The van der Waals surface area contributed by atoms with Gasteiger partial charge in [-0.1, -0.05) is 13.3 Å². The van der Waals surface area contributed by atoms with Crippen molar-refractivity contribution < 1.29 is 0 Å². The lowest BCUT2D eigenvalue weighted by Crippen LogP contribution is -2.45. The quantitative estimate of drug-likeness (QED) is 0.882. The SMILES string of the molecule is CCC1CCC(N)(Cc2cc(Br)cs2)CC1. The summed E-state index contributed by atoms with van der Waals surface area (Å²) in [7, 11) is 0. The highest BCUT2D eigenvalue weighted by molar-refractivity contribution is 9.10. The molecule has 3 heteroatoms. The predicted octanol–water partition coefficient (Wildman–Crippen LogP) is 4.35. The van der Waals surface area contributed by atoms with E-state index in [0.29, 0.717) is 0 Å². The predicted molar refractivity (Wildman–Crippen MR) is 74.9 cm³/mol. The molecule has 2 rings (SSSR count). The molecule has 0 unspecified atom stereocenters. The molecule has 1 nitrogen and oxygen atoms in total. The van der Waals surface area contributed by atoms with Crippen LogP contribution in [0.1, 0.15) is 43.9 Å². The van der Waals surface area contributed by atoms with Crippen LogP contribution in [-0.2, 0) is 6.42 Å². The van der Waals surface area contributed by atoms with Gasteiger partial charge in [0.15, 0.2) is 0 Å². The molecule has 0 saturated heterocycles. The Hall–Kier alpha value is 0.140. The average molecular weight is 302 g/mol. The van der Waals surface area contributed by atoms with Crippen molar-refractivity contribution in [3.05, 3.63) is 20.8 Å². The van der Waals surface area contributed by atoms with E-state index >= 15 is 0 Å². The molecule has 1 heterocycles. The number of thiophene rings is 1. The fraction of sp³-hybridized carbons (Fsp3) is 0.692. The van der Waals surface area contributed by atoms with E-state index in [2.05, 4.69) is 34.3 Å². The van der Waals surface area contributed by atoms with Crippen molar-refractivity contribution in [2.24, 2.45) is 11.7 Å². The maximum Gasteiger partial charge on any atom is 0.0285 e. The zero-order valence-corrected chi connectivity index (χ0v) is 12.2. The molecule has 16 heavy (non-hydrogen) atoms. The van der Waals surface area contributed by atoms with Crippen LogP contribution in [0.4, 0.5) is 0 Å². The van der Waals surface area contributed by atoms with Crippen molar-refractivity contribution >= 4 is 27.3 Å². The Bertz CT molecular complexity index is 339. The second-order valence-electron chi connectivity index (χ2n) is 5.12. The number of nitrogens with two attached hydrogens (primary N) is 1. The standard InChI is InChI=1S/C13H20BrNS/c1-2-10-3-5-13(15,6-4-10)8-12-7-11(14)9-16-12/h7,9-10H,2-6,8,15H2,1H3. The molecule has 0 amide bonds. The van der Waals surface area contributed by atoms with E-state index < -0.39 is 0 Å². The fourth-order valence-electron chi connectivity index (χ4n) is 2.63. The van der Waals surface area contributed by atoms with Gasteiger partial charge in [0.25, 0.3) is 0 Å². The maximum absolute atomic E-state index is 6.51. The van der Waals surface area contributed by atoms with Crippen LogP contribution in [0.3, 0.4) is 0 Å². The molecule has 90 valence electrons. The number of hydrogen-bond donors (Lipinski definition) is 1. The summed E-state index contributed by atoms with van der Waals surface area (Å²) < 4.78 is 1.19. The summed E-state index contributed by atoms with van der Waals surface area (Å²) in [5, 5.41) is 2.15. The summed E-state index contributed by atoms with van der Waals surface area (Å²) in [6.45, 7) is 2.30. The molecule has 0 radical (unpaired) electrons. The first-order chi connectivity index (χ1) is 7.61. The Balaban J connectivity index is 1.94. The fourth-order valence-corrected chi connectivity index (χ4v) is 4.24. The van der Waals surface area contributed by atoms with Gasteiger partial charge in [-0.3, -0.25) is 0 Å². The van der Waals surface area contributed by atoms with Crippen LogP contribution in [0.2, 0.25) is 0 Å². The largest absolute Gasteiger partial charge is 0.325 e. The van der Waals surface area contributed by atoms with Gasteiger partial charge < -0.3 is 5.73 Å². The maximum atomic E-state index is 6.51. The van der Waals surface area contributed by atoms with E-state index in [1.165, 1.54) is 41.5 Å². The van der Waals surface area contributed by atoms with Crippen LogP contribution < -0.4 is 5.73 Å². The third kappa shape index (κ3) is 3.08. The van der Waals surface area contributed by atoms with Crippen molar-refractivity contribution in [1.82, 2.24) is 0 Å². The molecule has 2 N–H and O–H groups in total. The van der Waals surface area contributed by atoms with Gasteiger partial charge in [0.1, 0.15) is 0 Å². The van der Waals surface area contributed by atoms with Crippen LogP contribution >= 0.6 is 27.3 Å². The second-order valence-corrected chi connectivity index (χ2v) is 7.03. The monoisotopic (exact) mass is 301 g/mol. The van der Waals surface area contributed by atoms with E-state index in [9.17, 15) is 0 Å². The lowest BCUT2D eigenvalue weighted by atomic mass is 9.74. The van der Waals surface area contributed by atoms with Gasteiger partial charge in [-0.25, -0.2) is 0 Å². The highest BCUT2D eigenvalue weighted by atomic mass is 79.9. The van der Waals surface area contributed by atoms with Gasteiger partial charge in [0, 0.05) is 20.3 Å². The summed E-state index contributed by atoms with van der Waals surface area (Å²) in [6.07, 6.45) is 7.40. The molecule has 0 aliphatic heterocycles. The first kappa shape index (κ1) is 12.6. The summed E-state index contributed by atoms with van der Waals surface area (Å²) in [6, 6.07) is 2.21. The minimum absolute atomic E-state index is 0.0654. The molecular formula is C13H20BrNS. The van der Waals surface area contributed by atoms with E-state index in [1.54, 1.807) is 0 Å². The van der Waals surface area contributed by atoms with Crippen molar-refractivity contribution in [3.8, 4) is 0 Å². The summed E-state index contributed by atoms with van der Waals surface area (Å²) in [5.74, 6) is 0.923. The average Bonchev–Trinajstić information content (AvgIpc) is 2.64. The van der Waals surface area contributed by atoms with Gasteiger partial charge in [-0.15, -0.1) is 11.3 Å². The van der Waals surface area contributed by atoms with Crippen molar-refractivity contribution in [3.63, 3.8) is 0 Å². The first-order valence-corrected chi connectivity index (χ1v) is 7.80. The molecule has 0 atom stereocenters. The molecule has 1 aliphatic rings. The molecule has 0 bridgehead atoms. The van der Waals surface area contributed by atoms with E-state index in [1.807, 2.05) is 11.3 Å². The van der Waals surface area contributed by atoms with Gasteiger partial charge in [0.2, 0.25) is 0 Å². The lowest BCUT2D eigenvalue weighted by Gasteiger charge is -2.36. The summed E-state index contributed by atoms with van der Waals surface area (Å²) >= 11 is 5.33. The highest BCUT2D eigenvalue weighted by Crippen LogP contribution is 2.35. The number of hydrogen-bond acceptors (Lipinski definition) is 2. The molecule has 0 spiro atoms. The van der Waals surface area contributed by atoms with E-state index in [-0.39, 0.29) is 5.54 Å². The van der Waals surface area contributed by atoms with Gasteiger partial charge in [-0.05, 0) is 60.0 Å². The Labute approximate surface area is 111 Å². The van der Waals surface area contributed by atoms with Gasteiger partial charge in [0.05, 0.1) is 0 Å². The highest BCUT2D eigenvalue weighted by Gasteiger charge is 2.31. The van der Waals surface area contributed by atoms with Crippen molar-refractivity contribution in [2.45, 2.75) is 51.0 Å². The van der Waals surface area contributed by atoms with Crippen LogP contribution in [0, 0.1) is 5.92 Å². The van der Waals surface area contributed by atoms with Crippen molar-refractivity contribution in [1.29, 1.82) is 0 Å². The molecule has 1 aromatic rings. The normalized spacial score (nSPS) is 30.6. The van der Waals surface area contributed by atoms with Gasteiger partial charge >= 0.3 is 0 Å². The first-order valence-electron chi connectivity index (χ1n) is 6.13. The number of halogens is 1. The molecule has 1 aliphatic carbocycles. The molecule has 1 fully saturated rings. The Morgan fingerprint density at radius 1 is 1.50 bits per heavy atom. The van der Waals surface area contributed by atoms with Crippen LogP contribution in [0.15, 0.2) is 15.9 Å². The Morgan fingerprint density at radius 2 is 2.19 bits per heavy atom. The molecule has 0 aromatic carbocycles. The second kappa shape index (κ2) is 5.19. The summed E-state index contributed by atoms with van der Waals surface area (Å²) in [5.41, 5.74) is 6.57. The van der Waals surface area contributed by atoms with Crippen LogP contribution in [0.25, 0.3) is 0 Å². The Morgan fingerprint density at radius 3 is 2.69 bits per heavy atom. The third-order valence-corrected chi connectivity index (χ3v) is 5.52. The molecule has 1 aromatic heterocycles. The topological polar surface area (TPSA) is 26.0 Å². The van der Waals surface area contributed by atoms with Gasteiger partial charge in [-0.2, -0.15) is 0 Å². The third-order valence-electron chi connectivity index (χ3n) is 3.83.